The third-order valence-corrected chi connectivity index (χ3v) is 6.75. The number of nitrogens with zero attached hydrogens (tertiary/aromatic N) is 3. The molecule has 7 heteroatoms. The molecule has 0 aliphatic carbocycles. The number of rotatable bonds is 7. The maximum absolute atomic E-state index is 12.6. The molecule has 1 amide bonds. The van der Waals surface area contributed by atoms with Crippen LogP contribution in [-0.4, -0.2) is 34.8 Å². The molecule has 1 N–H and O–H groups in total. The van der Waals surface area contributed by atoms with E-state index in [0.717, 1.165) is 46.9 Å². The molecule has 5 rings (SSSR count). The Morgan fingerprint density at radius 3 is 2.59 bits per heavy atom. The molecule has 0 unspecified atom stereocenters. The summed E-state index contributed by atoms with van der Waals surface area (Å²) in [5.74, 6) is 1.68. The highest BCUT2D eigenvalue weighted by atomic mass is 32.2. The number of nitrogens with one attached hydrogen (secondary N) is 1. The van der Waals surface area contributed by atoms with Gasteiger partial charge < -0.3 is 15.0 Å². The lowest BCUT2D eigenvalue weighted by molar-refractivity contribution is -0.113. The summed E-state index contributed by atoms with van der Waals surface area (Å²) < 4.78 is 5.46. The first-order valence-electron chi connectivity index (χ1n) is 11.4. The van der Waals surface area contributed by atoms with Crippen LogP contribution in [0.25, 0.3) is 10.9 Å². The predicted molar refractivity (Wildman–Crippen MR) is 138 cm³/mol. The van der Waals surface area contributed by atoms with Crippen molar-refractivity contribution in [3.63, 3.8) is 0 Å². The highest BCUT2D eigenvalue weighted by molar-refractivity contribution is 8.00. The van der Waals surface area contributed by atoms with E-state index in [1.54, 1.807) is 0 Å². The minimum atomic E-state index is -0.0784. The highest BCUT2D eigenvalue weighted by Gasteiger charge is 2.20. The number of aromatic nitrogens is 2. The topological polar surface area (TPSA) is 67.3 Å². The van der Waals surface area contributed by atoms with E-state index in [1.807, 2.05) is 55.5 Å². The molecular formula is C27H26N4O2S. The Hall–Kier alpha value is -3.58. The molecule has 2 heterocycles. The van der Waals surface area contributed by atoms with Gasteiger partial charge in [-0.2, -0.15) is 0 Å². The van der Waals surface area contributed by atoms with Crippen LogP contribution in [-0.2, 0) is 17.8 Å². The number of hydrogen-bond acceptors (Lipinski definition) is 6. The van der Waals surface area contributed by atoms with Crippen molar-refractivity contribution in [2.24, 2.45) is 0 Å². The summed E-state index contributed by atoms with van der Waals surface area (Å²) in [5.41, 5.74) is 4.34. The molecular weight excluding hydrogens is 444 g/mol. The number of benzene rings is 3. The van der Waals surface area contributed by atoms with E-state index in [4.69, 9.17) is 14.7 Å². The lowest BCUT2D eigenvalue weighted by atomic mass is 10.0. The third-order valence-electron chi connectivity index (χ3n) is 5.76. The molecule has 0 radical (unpaired) electrons. The van der Waals surface area contributed by atoms with E-state index in [9.17, 15) is 4.79 Å². The number of fused-ring (bicyclic) bond motifs is 2. The Kier molecular flexibility index (Phi) is 6.62. The minimum Gasteiger partial charge on any atom is -0.494 e. The average Bonchev–Trinajstić information content (AvgIpc) is 2.88. The molecule has 6 nitrogen and oxygen atoms in total. The van der Waals surface area contributed by atoms with E-state index < -0.39 is 0 Å². The summed E-state index contributed by atoms with van der Waals surface area (Å²) in [6, 6.07) is 23.9. The first-order chi connectivity index (χ1) is 16.7. The zero-order valence-corrected chi connectivity index (χ0v) is 19.8. The first-order valence-corrected chi connectivity index (χ1v) is 12.4. The van der Waals surface area contributed by atoms with Gasteiger partial charge in [-0.1, -0.05) is 54.2 Å². The van der Waals surface area contributed by atoms with E-state index in [1.165, 1.54) is 22.9 Å². The SMILES string of the molecule is CCOc1ccc(NC(=O)CSc2nc(N3CCc4ccccc4C3)nc3ccccc23)cc1. The van der Waals surface area contributed by atoms with Crippen LogP contribution in [0.3, 0.4) is 0 Å². The van der Waals surface area contributed by atoms with Crippen molar-refractivity contribution in [1.29, 1.82) is 0 Å². The fraction of sp³-hybridized carbons (Fsp3) is 0.222. The Balaban J connectivity index is 1.32. The smallest absolute Gasteiger partial charge is 0.234 e. The van der Waals surface area contributed by atoms with E-state index in [2.05, 4.69) is 34.5 Å². The molecule has 172 valence electrons. The summed E-state index contributed by atoms with van der Waals surface area (Å²) in [5, 5.41) is 4.73. The first kappa shape index (κ1) is 22.2. The van der Waals surface area contributed by atoms with Gasteiger partial charge in [0.2, 0.25) is 11.9 Å². The summed E-state index contributed by atoms with van der Waals surface area (Å²) in [6.45, 7) is 4.22. The maximum atomic E-state index is 12.6. The largest absolute Gasteiger partial charge is 0.494 e. The highest BCUT2D eigenvalue weighted by Crippen LogP contribution is 2.30. The van der Waals surface area contributed by atoms with Crippen LogP contribution in [0.15, 0.2) is 77.8 Å². The second-order valence-corrected chi connectivity index (χ2v) is 9.04. The Morgan fingerprint density at radius 1 is 1.00 bits per heavy atom. The number of para-hydroxylation sites is 1. The second-order valence-electron chi connectivity index (χ2n) is 8.08. The molecule has 1 aliphatic heterocycles. The van der Waals surface area contributed by atoms with Gasteiger partial charge in [-0.3, -0.25) is 4.79 Å². The lowest BCUT2D eigenvalue weighted by Gasteiger charge is -2.29. The fourth-order valence-corrected chi connectivity index (χ4v) is 4.90. The number of carbonyl (C=O) groups excluding carboxylic acids is 1. The Morgan fingerprint density at radius 2 is 1.76 bits per heavy atom. The van der Waals surface area contributed by atoms with Crippen molar-refractivity contribution in [1.82, 2.24) is 9.97 Å². The van der Waals surface area contributed by atoms with Crippen molar-refractivity contribution in [2.75, 3.05) is 29.1 Å². The van der Waals surface area contributed by atoms with Crippen LogP contribution in [0.1, 0.15) is 18.1 Å². The molecule has 1 aliphatic rings. The average molecular weight is 471 g/mol. The molecule has 3 aromatic carbocycles. The number of amides is 1. The summed E-state index contributed by atoms with van der Waals surface area (Å²) >= 11 is 1.44. The molecule has 0 atom stereocenters. The predicted octanol–water partition coefficient (Wildman–Crippen LogP) is 5.32. The molecule has 1 aromatic heterocycles. The van der Waals surface area contributed by atoms with Crippen LogP contribution in [0.2, 0.25) is 0 Å². The lowest BCUT2D eigenvalue weighted by Crippen LogP contribution is -2.31. The molecule has 0 saturated heterocycles. The van der Waals surface area contributed by atoms with Gasteiger partial charge in [-0.15, -0.1) is 0 Å². The molecule has 0 saturated carbocycles. The number of ether oxygens (including phenoxy) is 1. The molecule has 0 spiro atoms. The third kappa shape index (κ3) is 4.99. The van der Waals surface area contributed by atoms with Crippen molar-refractivity contribution in [3.05, 3.63) is 83.9 Å². The summed E-state index contributed by atoms with van der Waals surface area (Å²) in [7, 11) is 0. The van der Waals surface area contributed by atoms with Crippen molar-refractivity contribution < 1.29 is 9.53 Å². The molecule has 0 bridgehead atoms. The van der Waals surface area contributed by atoms with Crippen LogP contribution in [0.5, 0.6) is 5.75 Å². The zero-order chi connectivity index (χ0) is 23.3. The van der Waals surface area contributed by atoms with E-state index in [-0.39, 0.29) is 11.7 Å². The quantitative estimate of drug-likeness (QED) is 0.291. The zero-order valence-electron chi connectivity index (χ0n) is 19.0. The Labute approximate surface area is 203 Å². The van der Waals surface area contributed by atoms with Gasteiger partial charge in [-0.25, -0.2) is 9.97 Å². The maximum Gasteiger partial charge on any atom is 0.234 e. The molecule has 34 heavy (non-hydrogen) atoms. The van der Waals surface area contributed by atoms with Crippen molar-refractivity contribution in [3.8, 4) is 5.75 Å². The van der Waals surface area contributed by atoms with Crippen LogP contribution >= 0.6 is 11.8 Å². The van der Waals surface area contributed by atoms with Gasteiger partial charge in [0.25, 0.3) is 0 Å². The van der Waals surface area contributed by atoms with E-state index in [0.29, 0.717) is 12.6 Å². The standard InChI is InChI=1S/C27H26N4O2S/c1-2-33-22-13-11-21(12-14-22)28-25(32)18-34-26-23-9-5-6-10-24(23)29-27(30-26)31-16-15-19-7-3-4-8-20(19)17-31/h3-14H,2,15-18H2,1H3,(H,28,32). The molecule has 4 aromatic rings. The Bertz CT molecular complexity index is 1310. The van der Waals surface area contributed by atoms with Crippen molar-refractivity contribution >= 4 is 40.2 Å². The van der Waals surface area contributed by atoms with Gasteiger partial charge in [0.15, 0.2) is 0 Å². The van der Waals surface area contributed by atoms with Gasteiger partial charge in [-0.05, 0) is 54.8 Å². The van der Waals surface area contributed by atoms with E-state index >= 15 is 0 Å². The minimum absolute atomic E-state index is 0.0784. The fourth-order valence-electron chi connectivity index (χ4n) is 4.09. The van der Waals surface area contributed by atoms with Crippen molar-refractivity contribution in [2.45, 2.75) is 24.9 Å². The number of hydrogen-bond donors (Lipinski definition) is 1. The van der Waals surface area contributed by atoms with Gasteiger partial charge in [0.05, 0.1) is 17.9 Å². The summed E-state index contributed by atoms with van der Waals surface area (Å²) in [6.07, 6.45) is 0.972. The van der Waals surface area contributed by atoms with Crippen LogP contribution in [0, 0.1) is 0 Å². The number of anilines is 2. The van der Waals surface area contributed by atoms with Gasteiger partial charge in [0, 0.05) is 24.2 Å². The number of thioether (sulfide) groups is 1. The van der Waals surface area contributed by atoms with Gasteiger partial charge >= 0.3 is 0 Å². The van der Waals surface area contributed by atoms with Crippen LogP contribution in [0.4, 0.5) is 11.6 Å². The van der Waals surface area contributed by atoms with Crippen LogP contribution < -0.4 is 15.0 Å². The summed E-state index contributed by atoms with van der Waals surface area (Å²) in [4.78, 5) is 24.6. The normalized spacial score (nSPS) is 12.9. The second kappa shape index (κ2) is 10.1. The number of carbonyl (C=O) groups is 1. The molecule has 0 fully saturated rings. The monoisotopic (exact) mass is 470 g/mol. The van der Waals surface area contributed by atoms with Gasteiger partial charge in [0.1, 0.15) is 10.8 Å².